The summed E-state index contributed by atoms with van der Waals surface area (Å²) >= 11 is 11.9. The lowest BCUT2D eigenvalue weighted by atomic mass is 9.88. The van der Waals surface area contributed by atoms with E-state index in [1.807, 2.05) is 24.3 Å². The van der Waals surface area contributed by atoms with Gasteiger partial charge in [-0.15, -0.1) is 12.4 Å². The Kier molecular flexibility index (Phi) is 19.0. The van der Waals surface area contributed by atoms with Crippen LogP contribution >= 0.6 is 35.6 Å². The monoisotopic (exact) mass is 1100 g/mol. The fourth-order valence-electron chi connectivity index (χ4n) is 8.80. The number of nitrogens with zero attached hydrogens (tertiary/aromatic N) is 4. The lowest BCUT2D eigenvalue weighted by Gasteiger charge is -2.16. The summed E-state index contributed by atoms with van der Waals surface area (Å²) in [5.41, 5.74) is 14.9. The van der Waals surface area contributed by atoms with Crippen LogP contribution in [0.4, 0.5) is 17.6 Å². The molecular weight excluding hydrogens is 1050 g/mol. The smallest absolute Gasteiger partial charge is 0.307 e. The number of carbonyl (C=O) groups excluding carboxylic acids is 1. The van der Waals surface area contributed by atoms with Gasteiger partial charge in [-0.05, 0) is 132 Å². The third-order valence-corrected chi connectivity index (χ3v) is 12.7. The number of aliphatic carboxylic acids is 1. The third-order valence-electron chi connectivity index (χ3n) is 12.2. The number of oxazole rings is 2. The van der Waals surface area contributed by atoms with Gasteiger partial charge in [0.25, 0.3) is 0 Å². The minimum Gasteiger partial charge on any atom is -0.481 e. The molecule has 10 rings (SSSR count). The number of carboxylic acid groups (broad SMARTS) is 1. The number of hydrogen-bond acceptors (Lipinski definition) is 11. The van der Waals surface area contributed by atoms with Crippen molar-refractivity contribution in [3.63, 3.8) is 0 Å². The zero-order valence-corrected chi connectivity index (χ0v) is 43.1. The maximum Gasteiger partial charge on any atom is 0.307 e. The summed E-state index contributed by atoms with van der Waals surface area (Å²) in [6, 6.07) is 27.7. The van der Waals surface area contributed by atoms with Crippen LogP contribution in [0.15, 0.2) is 143 Å². The van der Waals surface area contributed by atoms with Crippen molar-refractivity contribution in [3.05, 3.63) is 212 Å². The molecular formula is C57H48Cl3F4N5O7. The van der Waals surface area contributed by atoms with Gasteiger partial charge in [0.05, 0.1) is 43.8 Å². The number of rotatable bonds is 16. The first-order valence-electron chi connectivity index (χ1n) is 23.4. The predicted octanol–water partition coefficient (Wildman–Crippen LogP) is 13.4. The van der Waals surface area contributed by atoms with Crippen LogP contribution in [0.3, 0.4) is 0 Å². The van der Waals surface area contributed by atoms with Crippen LogP contribution in [0, 0.1) is 23.3 Å². The van der Waals surface area contributed by atoms with Gasteiger partial charge in [0.1, 0.15) is 34.7 Å². The topological polar surface area (TPSA) is 177 Å². The Labute approximate surface area is 450 Å². The first-order chi connectivity index (χ1) is 36.1. The minimum absolute atomic E-state index is 0. The lowest BCUT2D eigenvalue weighted by Crippen LogP contribution is -2.15. The molecule has 2 aliphatic carbocycles. The summed E-state index contributed by atoms with van der Waals surface area (Å²) in [7, 11) is 3.10. The molecule has 392 valence electrons. The standard InChI is InChI=1S/C29H23ClF2N2O3.C17H13ClF2N2O.C11H11NO3.ClH/c1-36-26-9-6-18-2-3-20(27(18)34-26)13-25(35)14-21(10-17-11-23(31)15-24(32)12-17)28-29(37-16-33-28)19-4-7-22(30)8-5-19;18-12-3-1-11(2-4-12)17-16(22-9-23-17)15(21)7-10-5-13(19)8-14(20)6-10;1-15-9-5-4-7-2-3-8(6-10(13)14)11(7)12-9;/h3-9,11-12,15-16,21H,2,10,13-14H2,1H3;1-6,8-9,15H,7,21H2;3-5H,2,6H2,1H3,(H,13,14);1H. The normalized spacial score (nSPS) is 12.8. The number of allylic oxidation sites excluding steroid dienone is 3. The van der Waals surface area contributed by atoms with Crippen LogP contribution in [0.5, 0.6) is 11.8 Å². The van der Waals surface area contributed by atoms with E-state index < -0.39 is 41.2 Å². The van der Waals surface area contributed by atoms with Crippen LogP contribution in [0.1, 0.15) is 76.3 Å². The Balaban J connectivity index is 0.000000183. The molecule has 0 saturated carbocycles. The molecule has 0 aliphatic heterocycles. The van der Waals surface area contributed by atoms with E-state index in [9.17, 15) is 27.2 Å². The molecule has 76 heavy (non-hydrogen) atoms. The van der Waals surface area contributed by atoms with E-state index in [1.54, 1.807) is 74.9 Å². The summed E-state index contributed by atoms with van der Waals surface area (Å²) in [4.78, 5) is 41.3. The number of halogens is 7. The number of ketones is 1. The van der Waals surface area contributed by atoms with Crippen molar-refractivity contribution in [1.29, 1.82) is 0 Å². The SMILES string of the molecule is COc1ccc2c(n1)C(CC(=O)CC(Cc1cc(F)cc(F)c1)c1ncoc1-c1ccc(Cl)cc1)=CC2.COc1ccc2c(n1)C(CC(=O)O)=CC2.Cl.NC(Cc1cc(F)cc(F)c1)c1ncoc1-c1ccc(Cl)cc1. The van der Waals surface area contributed by atoms with Crippen LogP contribution in [-0.2, 0) is 35.3 Å². The summed E-state index contributed by atoms with van der Waals surface area (Å²) in [5.74, 6) is -1.96. The largest absolute Gasteiger partial charge is 0.481 e. The number of pyridine rings is 2. The van der Waals surface area contributed by atoms with Gasteiger partial charge in [-0.3, -0.25) is 9.59 Å². The first-order valence-corrected chi connectivity index (χ1v) is 24.1. The number of benzene rings is 4. The van der Waals surface area contributed by atoms with Crippen molar-refractivity contribution in [2.24, 2.45) is 5.73 Å². The molecule has 2 unspecified atom stereocenters. The maximum atomic E-state index is 14.0. The van der Waals surface area contributed by atoms with Crippen molar-refractivity contribution in [3.8, 4) is 34.4 Å². The summed E-state index contributed by atoms with van der Waals surface area (Å²) in [6.07, 6.45) is 8.72. The zero-order chi connectivity index (χ0) is 53.2. The van der Waals surface area contributed by atoms with Gasteiger partial charge in [0.15, 0.2) is 24.3 Å². The quantitative estimate of drug-likeness (QED) is 0.0877. The number of methoxy groups -OCH3 is 2. The van der Waals surface area contributed by atoms with Gasteiger partial charge in [0.2, 0.25) is 11.8 Å². The average Bonchev–Trinajstić information content (AvgIpc) is 4.22. The van der Waals surface area contributed by atoms with E-state index in [1.165, 1.54) is 37.1 Å². The van der Waals surface area contributed by atoms with E-state index in [2.05, 4.69) is 19.9 Å². The summed E-state index contributed by atoms with van der Waals surface area (Å²) < 4.78 is 75.8. The summed E-state index contributed by atoms with van der Waals surface area (Å²) in [5, 5.41) is 9.90. The van der Waals surface area contributed by atoms with E-state index in [-0.39, 0.29) is 50.3 Å². The maximum absolute atomic E-state index is 14.0. The number of Topliss-reactive ketones (excluding diaryl/α,β-unsaturated/α-hetero) is 1. The van der Waals surface area contributed by atoms with Gasteiger partial charge in [-0.2, -0.15) is 0 Å². The molecule has 4 heterocycles. The number of ether oxygens (including phenoxy) is 2. The number of hydrogen-bond donors (Lipinski definition) is 2. The van der Waals surface area contributed by atoms with Crippen molar-refractivity contribution >= 4 is 58.5 Å². The molecule has 3 N–H and O–H groups in total. The molecule has 0 bridgehead atoms. The van der Waals surface area contributed by atoms with Gasteiger partial charge < -0.3 is 29.1 Å². The second kappa shape index (κ2) is 25.7. The molecule has 8 aromatic rings. The van der Waals surface area contributed by atoms with Gasteiger partial charge >= 0.3 is 5.97 Å². The second-order valence-corrected chi connectivity index (χ2v) is 18.4. The van der Waals surface area contributed by atoms with Gasteiger partial charge in [0, 0.05) is 64.2 Å². The first kappa shape index (κ1) is 56.1. The minimum atomic E-state index is -0.835. The molecule has 2 aliphatic rings. The highest BCUT2D eigenvalue weighted by Gasteiger charge is 2.27. The molecule has 0 spiro atoms. The van der Waals surface area contributed by atoms with Crippen LogP contribution in [-0.4, -0.2) is 51.0 Å². The lowest BCUT2D eigenvalue weighted by molar-refractivity contribution is -0.135. The van der Waals surface area contributed by atoms with Crippen LogP contribution < -0.4 is 15.2 Å². The average molecular weight is 1100 g/mol. The second-order valence-electron chi connectivity index (χ2n) is 17.5. The highest BCUT2D eigenvalue weighted by molar-refractivity contribution is 6.31. The molecule has 12 nitrogen and oxygen atoms in total. The number of carboxylic acids is 1. The predicted molar refractivity (Wildman–Crippen MR) is 282 cm³/mol. The van der Waals surface area contributed by atoms with Crippen LogP contribution in [0.25, 0.3) is 33.8 Å². The Morgan fingerprint density at radius 3 is 1.53 bits per heavy atom. The Morgan fingerprint density at radius 1 is 0.632 bits per heavy atom. The molecule has 19 heteroatoms. The van der Waals surface area contributed by atoms with Crippen molar-refractivity contribution in [2.45, 2.75) is 56.9 Å². The Bertz CT molecular complexity index is 3360. The van der Waals surface area contributed by atoms with E-state index in [4.69, 9.17) is 52.4 Å². The molecule has 0 radical (unpaired) electrons. The Morgan fingerprint density at radius 2 is 1.07 bits per heavy atom. The van der Waals surface area contributed by atoms with Crippen LogP contribution in [0.2, 0.25) is 10.0 Å². The van der Waals surface area contributed by atoms with Gasteiger partial charge in [-0.25, -0.2) is 37.5 Å². The molecule has 4 aromatic carbocycles. The van der Waals surface area contributed by atoms with Crippen molar-refractivity contribution in [1.82, 2.24) is 19.9 Å². The highest BCUT2D eigenvalue weighted by Crippen LogP contribution is 2.37. The van der Waals surface area contributed by atoms with Gasteiger partial charge in [-0.1, -0.05) is 47.5 Å². The third kappa shape index (κ3) is 14.4. The Hall–Kier alpha value is -7.63. The number of aromatic nitrogens is 4. The number of nitrogens with two attached hydrogens (primary N) is 1. The summed E-state index contributed by atoms with van der Waals surface area (Å²) in [6.45, 7) is 0. The molecule has 0 fully saturated rings. The highest BCUT2D eigenvalue weighted by atomic mass is 35.5. The van der Waals surface area contributed by atoms with E-state index in [0.29, 0.717) is 62.3 Å². The van der Waals surface area contributed by atoms with Crippen molar-refractivity contribution < 1.29 is 50.6 Å². The molecule has 4 aromatic heterocycles. The molecule has 0 saturated heterocycles. The molecule has 2 atom stereocenters. The zero-order valence-electron chi connectivity index (χ0n) is 40.7. The van der Waals surface area contributed by atoms with E-state index >= 15 is 0 Å². The number of carbonyl (C=O) groups is 2. The molecule has 0 amide bonds. The fourth-order valence-corrected chi connectivity index (χ4v) is 9.06. The fraction of sp³-hybridized carbons (Fsp3) is 0.193. The van der Waals surface area contributed by atoms with Crippen molar-refractivity contribution in [2.75, 3.05) is 14.2 Å². The number of fused-ring (bicyclic) bond motifs is 2. The van der Waals surface area contributed by atoms with E-state index in [0.717, 1.165) is 63.3 Å².